The van der Waals surface area contributed by atoms with Crippen molar-refractivity contribution in [2.24, 2.45) is 11.8 Å². The van der Waals surface area contributed by atoms with Crippen LogP contribution in [0, 0.1) is 5.92 Å². The van der Waals surface area contributed by atoms with Gasteiger partial charge in [0.05, 0.1) is 0 Å². The molecule has 0 atom stereocenters. The predicted molar refractivity (Wildman–Crippen MR) is 65.5 cm³/mol. The maximum absolute atomic E-state index is 5.42. The Morgan fingerprint density at radius 3 is 2.06 bits per heavy atom. The van der Waals surface area contributed by atoms with Crippen LogP contribution < -0.4 is 15.7 Å². The summed E-state index contributed by atoms with van der Waals surface area (Å²) in [6.07, 6.45) is 4.72. The van der Waals surface area contributed by atoms with Crippen LogP contribution in [0.15, 0.2) is 24.3 Å². The van der Waals surface area contributed by atoms with Gasteiger partial charge in [0.1, 0.15) is 6.10 Å². The maximum atomic E-state index is 5.42. The quantitative estimate of drug-likeness (QED) is 0.645. The third-order valence-corrected chi connectivity index (χ3v) is 3.21. The predicted octanol–water partition coefficient (Wildman–Crippen LogP) is 2.76. The zero-order valence-corrected chi connectivity index (χ0v) is 10.5. The number of nitrogens with two attached hydrogens (primary N) is 1. The van der Waals surface area contributed by atoms with Gasteiger partial charge in [-0.2, -0.15) is 10.8 Å². The Morgan fingerprint density at radius 2 is 1.50 bits per heavy atom. The zero-order valence-electron chi connectivity index (χ0n) is 10.5. The van der Waals surface area contributed by atoms with Crippen molar-refractivity contribution in [1.29, 1.82) is 0 Å². The molecule has 5 heteroatoms. The van der Waals surface area contributed by atoms with E-state index in [4.69, 9.17) is 15.7 Å². The van der Waals surface area contributed by atoms with Crippen LogP contribution in [0.2, 0.25) is 0 Å². The van der Waals surface area contributed by atoms with E-state index < -0.39 is 0 Å². The van der Waals surface area contributed by atoms with Crippen molar-refractivity contribution in [3.8, 4) is 11.5 Å². The van der Waals surface area contributed by atoms with Gasteiger partial charge in [-0.15, -0.1) is 0 Å². The van der Waals surface area contributed by atoms with E-state index >= 15 is 0 Å². The molecule has 0 heterocycles. The number of benzene rings is 1. The lowest BCUT2D eigenvalue weighted by atomic mass is 9.89. The topological polar surface area (TPSA) is 62.9 Å². The van der Waals surface area contributed by atoms with Gasteiger partial charge in [0.2, 0.25) is 0 Å². The number of hydrogen-bond acceptors (Lipinski definition) is 5. The fraction of sp³-hybridized carbons (Fsp3) is 0.538. The normalized spacial score (nSPS) is 23.7. The van der Waals surface area contributed by atoms with Gasteiger partial charge in [-0.3, -0.25) is 0 Å². The molecule has 0 spiro atoms. The van der Waals surface area contributed by atoms with Gasteiger partial charge in [-0.1, -0.05) is 11.9 Å². The van der Waals surface area contributed by atoms with Crippen molar-refractivity contribution in [3.63, 3.8) is 0 Å². The summed E-state index contributed by atoms with van der Waals surface area (Å²) < 4.78 is 0. The molecule has 0 bridgehead atoms. The maximum Gasteiger partial charge on any atom is 0.167 e. The molecule has 0 radical (unpaired) electrons. The molecule has 2 rings (SSSR count). The van der Waals surface area contributed by atoms with Gasteiger partial charge in [0.25, 0.3) is 0 Å². The number of hydrogen-bond donors (Lipinski definition) is 1. The first-order chi connectivity index (χ1) is 8.78. The first-order valence-electron chi connectivity index (χ1n) is 6.24. The summed E-state index contributed by atoms with van der Waals surface area (Å²) in [7, 11) is 0. The van der Waals surface area contributed by atoms with Crippen molar-refractivity contribution in [3.05, 3.63) is 24.3 Å². The standard InChI is InChI=1S/C13H19NO4/c1-10-2-4-11(5-3-10)15-16-12-6-8-13(9-7-12)17-18-14/h6-11H,2-5,14H2,1H3. The lowest BCUT2D eigenvalue weighted by Gasteiger charge is -2.24. The SMILES string of the molecule is CC1CCC(OOc2ccc(OON)cc2)CC1. The molecule has 1 aromatic rings. The van der Waals surface area contributed by atoms with E-state index in [1.165, 1.54) is 12.8 Å². The van der Waals surface area contributed by atoms with Crippen molar-refractivity contribution >= 4 is 0 Å². The third-order valence-electron chi connectivity index (χ3n) is 3.21. The monoisotopic (exact) mass is 253 g/mol. The molecule has 18 heavy (non-hydrogen) atoms. The molecule has 0 amide bonds. The van der Waals surface area contributed by atoms with Crippen molar-refractivity contribution in [1.82, 2.24) is 0 Å². The summed E-state index contributed by atoms with van der Waals surface area (Å²) in [6.45, 7) is 2.27. The summed E-state index contributed by atoms with van der Waals surface area (Å²) in [6, 6.07) is 6.85. The Bertz CT molecular complexity index is 347. The Morgan fingerprint density at radius 1 is 0.944 bits per heavy atom. The van der Waals surface area contributed by atoms with Crippen LogP contribution in [0.4, 0.5) is 0 Å². The molecule has 0 unspecified atom stereocenters. The van der Waals surface area contributed by atoms with E-state index in [9.17, 15) is 0 Å². The van der Waals surface area contributed by atoms with Crippen LogP contribution in [-0.4, -0.2) is 6.10 Å². The fourth-order valence-electron chi connectivity index (χ4n) is 2.06. The highest BCUT2D eigenvalue weighted by molar-refractivity contribution is 5.30. The second-order valence-corrected chi connectivity index (χ2v) is 4.71. The van der Waals surface area contributed by atoms with Crippen LogP contribution in [0.25, 0.3) is 0 Å². The summed E-state index contributed by atoms with van der Waals surface area (Å²) in [5.41, 5.74) is 0. The molecular weight excluding hydrogens is 234 g/mol. The zero-order chi connectivity index (χ0) is 12.8. The Labute approximate surface area is 107 Å². The number of rotatable bonds is 5. The summed E-state index contributed by atoms with van der Waals surface area (Å²) in [5.74, 6) is 6.74. The van der Waals surface area contributed by atoms with E-state index in [0.29, 0.717) is 11.5 Å². The minimum Gasteiger partial charge on any atom is -0.337 e. The smallest absolute Gasteiger partial charge is 0.167 e. The van der Waals surface area contributed by atoms with Crippen molar-refractivity contribution in [2.75, 3.05) is 0 Å². The Kier molecular flexibility index (Phi) is 4.81. The molecule has 5 nitrogen and oxygen atoms in total. The van der Waals surface area contributed by atoms with Crippen molar-refractivity contribution in [2.45, 2.75) is 38.7 Å². The average molecular weight is 253 g/mol. The van der Waals surface area contributed by atoms with E-state index in [1.807, 2.05) is 0 Å². The minimum atomic E-state index is 0.199. The largest absolute Gasteiger partial charge is 0.337 e. The second-order valence-electron chi connectivity index (χ2n) is 4.71. The highest BCUT2D eigenvalue weighted by Crippen LogP contribution is 2.26. The molecule has 100 valence electrons. The summed E-state index contributed by atoms with van der Waals surface area (Å²) in [5, 5.41) is 0. The summed E-state index contributed by atoms with van der Waals surface area (Å²) >= 11 is 0. The lowest BCUT2D eigenvalue weighted by molar-refractivity contribution is -0.252. The van der Waals surface area contributed by atoms with Crippen LogP contribution in [0.1, 0.15) is 32.6 Å². The van der Waals surface area contributed by atoms with Crippen LogP contribution in [0.5, 0.6) is 11.5 Å². The van der Waals surface area contributed by atoms with Gasteiger partial charge in [-0.05, 0) is 55.9 Å². The second kappa shape index (κ2) is 6.58. The Hall–Kier alpha value is -1.30. The van der Waals surface area contributed by atoms with Gasteiger partial charge in [0, 0.05) is 0 Å². The average Bonchev–Trinajstić information content (AvgIpc) is 2.40. The molecule has 1 fully saturated rings. The molecule has 0 saturated heterocycles. The van der Waals surface area contributed by atoms with Gasteiger partial charge in [0.15, 0.2) is 11.5 Å². The van der Waals surface area contributed by atoms with Gasteiger partial charge >= 0.3 is 0 Å². The molecule has 1 aliphatic rings. The summed E-state index contributed by atoms with van der Waals surface area (Å²) in [4.78, 5) is 19.4. The molecule has 1 aliphatic carbocycles. The molecule has 2 N–H and O–H groups in total. The third kappa shape index (κ3) is 3.87. The van der Waals surface area contributed by atoms with Crippen LogP contribution in [-0.2, 0) is 9.88 Å². The minimum absolute atomic E-state index is 0.199. The lowest BCUT2D eigenvalue weighted by Crippen LogP contribution is -2.21. The van der Waals surface area contributed by atoms with E-state index in [-0.39, 0.29) is 6.10 Å². The molecular formula is C13H19NO4. The highest BCUT2D eigenvalue weighted by Gasteiger charge is 2.19. The molecule has 1 saturated carbocycles. The van der Waals surface area contributed by atoms with E-state index in [2.05, 4.69) is 16.8 Å². The van der Waals surface area contributed by atoms with Gasteiger partial charge < -0.3 is 9.78 Å². The first-order valence-corrected chi connectivity index (χ1v) is 6.24. The van der Waals surface area contributed by atoms with E-state index in [0.717, 1.165) is 18.8 Å². The Balaban J connectivity index is 1.76. The highest BCUT2D eigenvalue weighted by atomic mass is 17.3. The van der Waals surface area contributed by atoms with Gasteiger partial charge in [-0.25, -0.2) is 0 Å². The molecule has 1 aromatic carbocycles. The first kappa shape index (κ1) is 13.1. The van der Waals surface area contributed by atoms with Crippen molar-refractivity contribution < 1.29 is 19.7 Å². The van der Waals surface area contributed by atoms with Crippen LogP contribution >= 0.6 is 0 Å². The van der Waals surface area contributed by atoms with E-state index in [1.54, 1.807) is 24.3 Å². The molecule has 0 aliphatic heterocycles. The van der Waals surface area contributed by atoms with Crippen LogP contribution in [0.3, 0.4) is 0 Å². The fourth-order valence-corrected chi connectivity index (χ4v) is 2.06. The molecule has 0 aromatic heterocycles.